The standard InChI is InChI=1S/C20H25ClN2O2/c1-18(2)10-24-16(22-18)15-14(12-6-8-13(21)9-7-12)20(15,5)17-23-19(3,4)11-25-17/h6-9,14-15H,10-11H2,1-5H3/t14-,15+,20-/m1/s1. The maximum absolute atomic E-state index is 6.08. The second-order valence-electron chi connectivity index (χ2n) is 8.86. The number of hydrogen-bond acceptors (Lipinski definition) is 4. The number of hydrogen-bond donors (Lipinski definition) is 0. The summed E-state index contributed by atoms with van der Waals surface area (Å²) in [5, 5.41) is 0.744. The fourth-order valence-corrected chi connectivity index (χ4v) is 4.15. The lowest BCUT2D eigenvalue weighted by Gasteiger charge is -2.12. The predicted molar refractivity (Wildman–Crippen MR) is 101 cm³/mol. The average Bonchev–Trinajstić information content (AvgIpc) is 2.78. The summed E-state index contributed by atoms with van der Waals surface area (Å²) in [7, 11) is 0. The molecule has 3 aliphatic rings. The van der Waals surface area contributed by atoms with Crippen LogP contribution in [-0.4, -0.2) is 36.1 Å². The van der Waals surface area contributed by atoms with Crippen molar-refractivity contribution >= 4 is 23.4 Å². The van der Waals surface area contributed by atoms with Crippen LogP contribution < -0.4 is 0 Å². The van der Waals surface area contributed by atoms with E-state index < -0.39 is 0 Å². The van der Waals surface area contributed by atoms with Crippen LogP contribution in [-0.2, 0) is 9.47 Å². The summed E-state index contributed by atoms with van der Waals surface area (Å²) < 4.78 is 12.0. The molecule has 1 aliphatic carbocycles. The Hall–Kier alpha value is -1.55. The average molecular weight is 361 g/mol. The minimum Gasteiger partial charge on any atom is -0.478 e. The van der Waals surface area contributed by atoms with Gasteiger partial charge in [0.15, 0.2) is 11.8 Å². The highest BCUT2D eigenvalue weighted by Gasteiger charge is 2.70. The number of halogens is 1. The molecule has 1 fully saturated rings. The van der Waals surface area contributed by atoms with E-state index >= 15 is 0 Å². The molecule has 1 aromatic carbocycles. The van der Waals surface area contributed by atoms with Gasteiger partial charge in [-0.2, -0.15) is 0 Å². The molecule has 4 rings (SSSR count). The van der Waals surface area contributed by atoms with Gasteiger partial charge >= 0.3 is 0 Å². The summed E-state index contributed by atoms with van der Waals surface area (Å²) in [5.74, 6) is 2.06. The molecule has 5 heteroatoms. The van der Waals surface area contributed by atoms with Crippen LogP contribution in [0, 0.1) is 11.3 Å². The Morgan fingerprint density at radius 2 is 1.48 bits per heavy atom. The molecule has 0 saturated heterocycles. The molecule has 2 heterocycles. The molecule has 0 amide bonds. The van der Waals surface area contributed by atoms with E-state index in [1.807, 2.05) is 12.1 Å². The second kappa shape index (κ2) is 5.23. The van der Waals surface area contributed by atoms with Gasteiger partial charge in [-0.3, -0.25) is 0 Å². The van der Waals surface area contributed by atoms with Crippen molar-refractivity contribution < 1.29 is 9.47 Å². The van der Waals surface area contributed by atoms with E-state index in [0.717, 1.165) is 16.8 Å². The Labute approximate surface area is 154 Å². The van der Waals surface area contributed by atoms with Crippen molar-refractivity contribution in [2.24, 2.45) is 21.3 Å². The van der Waals surface area contributed by atoms with Gasteiger partial charge in [0, 0.05) is 10.9 Å². The van der Waals surface area contributed by atoms with Crippen LogP contribution in [0.25, 0.3) is 0 Å². The van der Waals surface area contributed by atoms with E-state index in [0.29, 0.717) is 13.2 Å². The molecule has 0 N–H and O–H groups in total. The number of benzene rings is 1. The fraction of sp³-hybridized carbons (Fsp3) is 0.600. The monoisotopic (exact) mass is 360 g/mol. The van der Waals surface area contributed by atoms with Gasteiger partial charge < -0.3 is 9.47 Å². The Morgan fingerprint density at radius 3 is 2.00 bits per heavy atom. The predicted octanol–water partition coefficient (Wildman–Crippen LogP) is 4.47. The van der Waals surface area contributed by atoms with E-state index in [9.17, 15) is 0 Å². The molecule has 0 radical (unpaired) electrons. The van der Waals surface area contributed by atoms with Gasteiger partial charge in [0.2, 0.25) is 0 Å². The third kappa shape index (κ3) is 2.75. The zero-order chi connectivity index (χ0) is 18.0. The molecular formula is C20H25ClN2O2. The highest BCUT2D eigenvalue weighted by atomic mass is 35.5. The number of aliphatic imine (C=N–C) groups is 2. The summed E-state index contributed by atoms with van der Waals surface area (Å²) in [5.41, 5.74) is 0.666. The van der Waals surface area contributed by atoms with Crippen molar-refractivity contribution in [3.63, 3.8) is 0 Å². The third-order valence-electron chi connectivity index (χ3n) is 5.42. The van der Waals surface area contributed by atoms with E-state index in [2.05, 4.69) is 46.8 Å². The summed E-state index contributed by atoms with van der Waals surface area (Å²) in [6.07, 6.45) is 0. The molecular weight excluding hydrogens is 336 g/mol. The van der Waals surface area contributed by atoms with Gasteiger partial charge in [-0.15, -0.1) is 0 Å². The first-order valence-electron chi connectivity index (χ1n) is 8.84. The minimum atomic E-state index is -0.221. The summed E-state index contributed by atoms with van der Waals surface area (Å²) in [6, 6.07) is 8.06. The molecule has 134 valence electrons. The van der Waals surface area contributed by atoms with Crippen LogP contribution in [0.5, 0.6) is 0 Å². The SMILES string of the molecule is CC1(C)COC([C@@H]2[C@@H](c3ccc(Cl)cc3)[C@@]2(C)C2=NC(C)(C)CO2)=N1. The van der Waals surface area contributed by atoms with Gasteiger partial charge in [-0.05, 0) is 52.3 Å². The Kier molecular flexibility index (Phi) is 3.53. The van der Waals surface area contributed by atoms with E-state index in [1.165, 1.54) is 5.56 Å². The quantitative estimate of drug-likeness (QED) is 0.797. The van der Waals surface area contributed by atoms with Gasteiger partial charge in [0.05, 0.1) is 22.4 Å². The smallest absolute Gasteiger partial charge is 0.191 e. The Bertz CT molecular complexity index is 766. The number of ether oxygens (including phenoxy) is 2. The van der Waals surface area contributed by atoms with Gasteiger partial charge in [-0.25, -0.2) is 9.98 Å². The third-order valence-corrected chi connectivity index (χ3v) is 5.68. The molecule has 1 saturated carbocycles. The molecule has 0 spiro atoms. The highest BCUT2D eigenvalue weighted by Crippen LogP contribution is 2.67. The van der Waals surface area contributed by atoms with Gasteiger partial charge in [0.1, 0.15) is 13.2 Å². The van der Waals surface area contributed by atoms with Crippen LogP contribution in [0.1, 0.15) is 46.1 Å². The Morgan fingerprint density at radius 1 is 0.880 bits per heavy atom. The second-order valence-corrected chi connectivity index (χ2v) is 9.30. The van der Waals surface area contributed by atoms with Crippen molar-refractivity contribution in [1.82, 2.24) is 0 Å². The minimum absolute atomic E-state index is 0.156. The van der Waals surface area contributed by atoms with Crippen molar-refractivity contribution in [1.29, 1.82) is 0 Å². The van der Waals surface area contributed by atoms with Crippen LogP contribution in [0.4, 0.5) is 0 Å². The first-order valence-corrected chi connectivity index (χ1v) is 9.21. The lowest BCUT2D eigenvalue weighted by Crippen LogP contribution is -2.19. The van der Waals surface area contributed by atoms with Crippen molar-refractivity contribution in [2.45, 2.75) is 51.6 Å². The summed E-state index contributed by atoms with van der Waals surface area (Å²) in [4.78, 5) is 9.70. The Balaban J connectivity index is 1.74. The van der Waals surface area contributed by atoms with E-state index in [4.69, 9.17) is 31.1 Å². The zero-order valence-corrected chi connectivity index (χ0v) is 16.2. The molecule has 3 atom stereocenters. The fourth-order valence-electron chi connectivity index (χ4n) is 4.02. The maximum atomic E-state index is 6.08. The van der Waals surface area contributed by atoms with Crippen LogP contribution >= 0.6 is 11.6 Å². The first kappa shape index (κ1) is 16.9. The largest absolute Gasteiger partial charge is 0.478 e. The number of rotatable bonds is 3. The van der Waals surface area contributed by atoms with Gasteiger partial charge in [-0.1, -0.05) is 23.7 Å². The maximum Gasteiger partial charge on any atom is 0.191 e. The molecule has 25 heavy (non-hydrogen) atoms. The van der Waals surface area contributed by atoms with Crippen molar-refractivity contribution in [3.8, 4) is 0 Å². The molecule has 0 aromatic heterocycles. The van der Waals surface area contributed by atoms with Crippen LogP contribution in [0.3, 0.4) is 0 Å². The van der Waals surface area contributed by atoms with Crippen LogP contribution in [0.2, 0.25) is 5.02 Å². The number of nitrogens with zero attached hydrogens (tertiary/aromatic N) is 2. The lowest BCUT2D eigenvalue weighted by molar-refractivity contribution is 0.257. The molecule has 4 nitrogen and oxygen atoms in total. The molecule has 2 aliphatic heterocycles. The summed E-state index contributed by atoms with van der Waals surface area (Å²) in [6.45, 7) is 11.9. The zero-order valence-electron chi connectivity index (χ0n) is 15.5. The normalized spacial score (nSPS) is 34.8. The molecule has 1 aromatic rings. The summed E-state index contributed by atoms with van der Waals surface area (Å²) >= 11 is 6.08. The van der Waals surface area contributed by atoms with Crippen LogP contribution in [0.15, 0.2) is 34.3 Å². The molecule has 0 unspecified atom stereocenters. The van der Waals surface area contributed by atoms with Gasteiger partial charge in [0.25, 0.3) is 0 Å². The topological polar surface area (TPSA) is 43.2 Å². The lowest BCUT2D eigenvalue weighted by atomic mass is 10.0. The van der Waals surface area contributed by atoms with E-state index in [-0.39, 0.29) is 28.3 Å². The molecule has 0 bridgehead atoms. The van der Waals surface area contributed by atoms with Crippen molar-refractivity contribution in [3.05, 3.63) is 34.9 Å². The van der Waals surface area contributed by atoms with E-state index in [1.54, 1.807) is 0 Å². The van der Waals surface area contributed by atoms with Crippen molar-refractivity contribution in [2.75, 3.05) is 13.2 Å². The first-order chi connectivity index (χ1) is 11.6. The highest BCUT2D eigenvalue weighted by molar-refractivity contribution is 6.30.